The van der Waals surface area contributed by atoms with Crippen LogP contribution in [0, 0.1) is 5.92 Å². The Bertz CT molecular complexity index is 350. The van der Waals surface area contributed by atoms with Gasteiger partial charge in [-0.05, 0) is 52.7 Å². The van der Waals surface area contributed by atoms with Gasteiger partial charge in [0.25, 0.3) is 0 Å². The van der Waals surface area contributed by atoms with Crippen LogP contribution in [0.3, 0.4) is 0 Å². The van der Waals surface area contributed by atoms with Gasteiger partial charge in [-0.1, -0.05) is 0 Å². The summed E-state index contributed by atoms with van der Waals surface area (Å²) in [5.41, 5.74) is 0. The smallest absolute Gasteiger partial charge is 0.236 e. The highest BCUT2D eigenvalue weighted by molar-refractivity contribution is 5.78. The molecule has 2 amide bonds. The van der Waals surface area contributed by atoms with Crippen LogP contribution in [0.15, 0.2) is 0 Å². The molecule has 0 aromatic heterocycles. The fraction of sp³-hybridized carbons (Fsp3) is 0.875. The topological polar surface area (TPSA) is 55.9 Å². The van der Waals surface area contributed by atoms with E-state index in [1.54, 1.807) is 7.05 Å². The maximum atomic E-state index is 12.1. The highest BCUT2D eigenvalue weighted by atomic mass is 16.2. The number of nitrogens with one attached hydrogen (secondary N) is 1. The predicted molar refractivity (Wildman–Crippen MR) is 88.7 cm³/mol. The van der Waals surface area contributed by atoms with Crippen molar-refractivity contribution in [3.05, 3.63) is 0 Å². The molecule has 0 aromatic carbocycles. The van der Waals surface area contributed by atoms with E-state index in [9.17, 15) is 9.59 Å². The quantitative estimate of drug-likeness (QED) is 0.698. The molecule has 6 nitrogen and oxygen atoms in total. The molecular formula is C16H32N4O2. The molecule has 0 unspecified atom stereocenters. The Morgan fingerprint density at radius 3 is 2.27 bits per heavy atom. The summed E-state index contributed by atoms with van der Waals surface area (Å²) in [4.78, 5) is 29.7. The second-order valence-electron chi connectivity index (χ2n) is 6.16. The Balaban J connectivity index is 2.28. The van der Waals surface area contributed by atoms with Crippen LogP contribution in [0.5, 0.6) is 0 Å². The Hall–Kier alpha value is -1.14. The summed E-state index contributed by atoms with van der Waals surface area (Å²) in [6.45, 7) is 9.49. The molecule has 1 rings (SSSR count). The van der Waals surface area contributed by atoms with E-state index < -0.39 is 0 Å². The predicted octanol–water partition coefficient (Wildman–Crippen LogP) is 0.245. The molecule has 128 valence electrons. The van der Waals surface area contributed by atoms with E-state index in [1.165, 1.54) is 0 Å². The fourth-order valence-corrected chi connectivity index (χ4v) is 3.02. The van der Waals surface area contributed by atoms with Crippen molar-refractivity contribution in [1.29, 1.82) is 0 Å². The third kappa shape index (κ3) is 6.32. The molecule has 0 spiro atoms. The van der Waals surface area contributed by atoms with Gasteiger partial charge in [0.2, 0.25) is 11.8 Å². The first-order chi connectivity index (χ1) is 10.5. The summed E-state index contributed by atoms with van der Waals surface area (Å²) in [6.07, 6.45) is 2.20. The van der Waals surface area contributed by atoms with Gasteiger partial charge in [-0.2, -0.15) is 0 Å². The van der Waals surface area contributed by atoms with E-state index in [1.807, 2.05) is 25.8 Å². The number of carbonyl (C=O) groups is 2. The molecule has 0 atom stereocenters. The average molecular weight is 312 g/mol. The Morgan fingerprint density at radius 2 is 1.77 bits per heavy atom. The average Bonchev–Trinajstić information content (AvgIpc) is 2.50. The largest absolute Gasteiger partial charge is 0.358 e. The molecular weight excluding hydrogens is 280 g/mol. The molecule has 1 saturated heterocycles. The molecule has 0 saturated carbocycles. The van der Waals surface area contributed by atoms with Crippen molar-refractivity contribution in [3.8, 4) is 0 Å². The van der Waals surface area contributed by atoms with Crippen LogP contribution in [0.2, 0.25) is 0 Å². The number of rotatable bonds is 8. The first-order valence-electron chi connectivity index (χ1n) is 8.39. The van der Waals surface area contributed by atoms with Crippen molar-refractivity contribution in [2.45, 2.75) is 26.7 Å². The molecule has 1 heterocycles. The summed E-state index contributed by atoms with van der Waals surface area (Å²) < 4.78 is 0. The van der Waals surface area contributed by atoms with Gasteiger partial charge in [0.05, 0.1) is 13.1 Å². The van der Waals surface area contributed by atoms with Crippen molar-refractivity contribution in [2.24, 2.45) is 5.92 Å². The number of amides is 2. The fourth-order valence-electron chi connectivity index (χ4n) is 3.02. The maximum absolute atomic E-state index is 12.1. The van der Waals surface area contributed by atoms with E-state index in [-0.39, 0.29) is 11.8 Å². The van der Waals surface area contributed by atoms with E-state index in [4.69, 9.17) is 0 Å². The first-order valence-corrected chi connectivity index (χ1v) is 8.39. The van der Waals surface area contributed by atoms with Crippen LogP contribution in [0.1, 0.15) is 26.7 Å². The highest BCUT2D eigenvalue weighted by Crippen LogP contribution is 2.17. The number of nitrogens with zero attached hydrogens (tertiary/aromatic N) is 3. The molecule has 6 heteroatoms. The zero-order valence-electron chi connectivity index (χ0n) is 14.6. The van der Waals surface area contributed by atoms with E-state index in [2.05, 4.69) is 15.1 Å². The lowest BCUT2D eigenvalue weighted by Crippen LogP contribution is -2.44. The minimum Gasteiger partial charge on any atom is -0.358 e. The lowest BCUT2D eigenvalue weighted by Gasteiger charge is -2.33. The number of hydrogen-bond acceptors (Lipinski definition) is 4. The second-order valence-corrected chi connectivity index (χ2v) is 6.16. The highest BCUT2D eigenvalue weighted by Gasteiger charge is 2.22. The van der Waals surface area contributed by atoms with Crippen molar-refractivity contribution in [1.82, 2.24) is 20.0 Å². The van der Waals surface area contributed by atoms with Crippen LogP contribution in [0.25, 0.3) is 0 Å². The summed E-state index contributed by atoms with van der Waals surface area (Å²) in [5.74, 6) is 0.917. The van der Waals surface area contributed by atoms with Crippen LogP contribution < -0.4 is 5.32 Å². The molecule has 1 N–H and O–H groups in total. The van der Waals surface area contributed by atoms with Crippen LogP contribution >= 0.6 is 0 Å². The summed E-state index contributed by atoms with van der Waals surface area (Å²) >= 11 is 0. The lowest BCUT2D eigenvalue weighted by atomic mass is 9.96. The van der Waals surface area contributed by atoms with Crippen molar-refractivity contribution < 1.29 is 9.59 Å². The van der Waals surface area contributed by atoms with Gasteiger partial charge >= 0.3 is 0 Å². The van der Waals surface area contributed by atoms with Gasteiger partial charge in [0.1, 0.15) is 0 Å². The van der Waals surface area contributed by atoms with Crippen molar-refractivity contribution >= 4 is 11.8 Å². The molecule has 0 bridgehead atoms. The first kappa shape index (κ1) is 18.9. The van der Waals surface area contributed by atoms with Gasteiger partial charge in [-0.3, -0.25) is 19.4 Å². The zero-order chi connectivity index (χ0) is 16.5. The molecule has 22 heavy (non-hydrogen) atoms. The van der Waals surface area contributed by atoms with Gasteiger partial charge in [0, 0.05) is 26.7 Å². The molecule has 0 radical (unpaired) electrons. The van der Waals surface area contributed by atoms with Crippen molar-refractivity contribution in [3.63, 3.8) is 0 Å². The van der Waals surface area contributed by atoms with Gasteiger partial charge in [-0.25, -0.2) is 0 Å². The minimum atomic E-state index is 0.0837. The number of piperidine rings is 1. The summed E-state index contributed by atoms with van der Waals surface area (Å²) in [7, 11) is 3.70. The SMILES string of the molecule is CCN(CC)C(=O)CN(C)CC1CCN(CC(=O)NC)CC1. The van der Waals surface area contributed by atoms with Crippen LogP contribution in [-0.2, 0) is 9.59 Å². The van der Waals surface area contributed by atoms with E-state index >= 15 is 0 Å². The van der Waals surface area contributed by atoms with E-state index in [0.717, 1.165) is 45.6 Å². The number of carbonyl (C=O) groups excluding carboxylic acids is 2. The zero-order valence-corrected chi connectivity index (χ0v) is 14.6. The van der Waals surface area contributed by atoms with Crippen LogP contribution in [0.4, 0.5) is 0 Å². The third-order valence-electron chi connectivity index (χ3n) is 4.44. The van der Waals surface area contributed by atoms with Crippen molar-refractivity contribution in [2.75, 3.05) is 59.9 Å². The Kier molecular flexibility index (Phi) is 8.42. The molecule has 1 aliphatic rings. The maximum Gasteiger partial charge on any atom is 0.236 e. The molecule has 0 aliphatic carbocycles. The molecule has 1 fully saturated rings. The minimum absolute atomic E-state index is 0.0837. The Morgan fingerprint density at radius 1 is 1.18 bits per heavy atom. The van der Waals surface area contributed by atoms with Crippen LogP contribution in [-0.4, -0.2) is 86.4 Å². The lowest BCUT2D eigenvalue weighted by molar-refractivity contribution is -0.132. The standard InChI is InChI=1S/C16H32N4O2/c1-5-20(6-2)16(22)13-18(4)11-14-7-9-19(10-8-14)12-15(21)17-3/h14H,5-13H2,1-4H3,(H,17,21). The number of hydrogen-bond donors (Lipinski definition) is 1. The van der Waals surface area contributed by atoms with Gasteiger partial charge in [-0.15, -0.1) is 0 Å². The molecule has 0 aromatic rings. The van der Waals surface area contributed by atoms with Gasteiger partial charge < -0.3 is 10.2 Å². The number of likely N-dealkylation sites (N-methyl/N-ethyl adjacent to an activating group) is 3. The monoisotopic (exact) mass is 312 g/mol. The Labute approximate surface area is 134 Å². The van der Waals surface area contributed by atoms with Gasteiger partial charge in [0.15, 0.2) is 0 Å². The van der Waals surface area contributed by atoms with E-state index in [0.29, 0.717) is 19.0 Å². The number of likely N-dealkylation sites (tertiary alicyclic amines) is 1. The second kappa shape index (κ2) is 9.79. The molecule has 1 aliphatic heterocycles. The normalized spacial score (nSPS) is 16.8. The summed E-state index contributed by atoms with van der Waals surface area (Å²) in [5, 5.41) is 2.67. The summed E-state index contributed by atoms with van der Waals surface area (Å²) in [6, 6.07) is 0. The third-order valence-corrected chi connectivity index (χ3v) is 4.44.